The molecule has 0 fully saturated rings. The summed E-state index contributed by atoms with van der Waals surface area (Å²) in [6, 6.07) is 5.40. The van der Waals surface area contributed by atoms with E-state index in [1.807, 2.05) is 0 Å². The van der Waals surface area contributed by atoms with Gasteiger partial charge in [0.25, 0.3) is 15.7 Å². The van der Waals surface area contributed by atoms with E-state index in [0.717, 1.165) is 27.1 Å². The molecule has 3 aromatic rings. The molecule has 2 heterocycles. The van der Waals surface area contributed by atoms with Crippen molar-refractivity contribution in [2.24, 2.45) is 7.05 Å². The smallest absolute Gasteiger partial charge is 0.272 e. The molecular formula is C14H12FN3O5S2. The van der Waals surface area contributed by atoms with Crippen molar-refractivity contribution < 1.29 is 17.0 Å². The van der Waals surface area contributed by atoms with Gasteiger partial charge in [-0.25, -0.2) is 9.36 Å². The summed E-state index contributed by atoms with van der Waals surface area (Å²) in [7, 11) is -2.43. The van der Waals surface area contributed by atoms with Crippen LogP contribution in [-0.2, 0) is 28.0 Å². The molecule has 8 nitrogen and oxygen atoms in total. The van der Waals surface area contributed by atoms with E-state index in [9.17, 15) is 22.4 Å². The molecule has 0 spiro atoms. The molecule has 0 aliphatic heterocycles. The zero-order valence-corrected chi connectivity index (χ0v) is 14.7. The van der Waals surface area contributed by atoms with Gasteiger partial charge in [-0.1, -0.05) is 0 Å². The predicted molar refractivity (Wildman–Crippen MR) is 90.0 cm³/mol. The van der Waals surface area contributed by atoms with Crippen LogP contribution >= 0.6 is 11.5 Å². The standard InChI is InChI=1S/C14H12FN3O5S2/c1-17-12(15)6-13(19)18(14(17)20)8-3-4-11-9(5-8)10(16-24-11)7-23-25(2,21)22/h3-6H,7H2,1-2H3. The molecule has 0 saturated carbocycles. The maximum Gasteiger partial charge on any atom is 0.337 e. The Balaban J connectivity index is 2.15. The Labute approximate surface area is 145 Å². The Morgan fingerprint density at radius 1 is 1.28 bits per heavy atom. The van der Waals surface area contributed by atoms with Gasteiger partial charge < -0.3 is 0 Å². The maximum absolute atomic E-state index is 13.5. The highest BCUT2D eigenvalue weighted by Gasteiger charge is 2.14. The van der Waals surface area contributed by atoms with Crippen LogP contribution in [0.2, 0.25) is 0 Å². The first-order valence-electron chi connectivity index (χ1n) is 6.89. The van der Waals surface area contributed by atoms with E-state index < -0.39 is 27.3 Å². The molecule has 3 rings (SSSR count). The van der Waals surface area contributed by atoms with Gasteiger partial charge in [0, 0.05) is 12.4 Å². The van der Waals surface area contributed by atoms with Crippen molar-refractivity contribution in [3.8, 4) is 5.69 Å². The van der Waals surface area contributed by atoms with Crippen LogP contribution in [0.3, 0.4) is 0 Å². The maximum atomic E-state index is 13.5. The quantitative estimate of drug-likeness (QED) is 0.486. The van der Waals surface area contributed by atoms with E-state index in [4.69, 9.17) is 4.18 Å². The fourth-order valence-corrected chi connectivity index (χ4v) is 3.31. The van der Waals surface area contributed by atoms with Crippen molar-refractivity contribution in [2.45, 2.75) is 6.61 Å². The lowest BCUT2D eigenvalue weighted by molar-refractivity contribution is 0.310. The molecule has 0 atom stereocenters. The number of aromatic nitrogens is 3. The average Bonchev–Trinajstić information content (AvgIpc) is 2.92. The number of hydrogen-bond donors (Lipinski definition) is 0. The fraction of sp³-hybridized carbons (Fsp3) is 0.214. The van der Waals surface area contributed by atoms with Gasteiger partial charge >= 0.3 is 5.69 Å². The second kappa shape index (κ2) is 6.17. The van der Waals surface area contributed by atoms with Crippen molar-refractivity contribution >= 4 is 31.7 Å². The van der Waals surface area contributed by atoms with Crippen molar-refractivity contribution in [2.75, 3.05) is 6.26 Å². The van der Waals surface area contributed by atoms with Gasteiger partial charge in [-0.3, -0.25) is 13.5 Å². The minimum atomic E-state index is -3.64. The second-order valence-corrected chi connectivity index (χ2v) is 7.71. The number of nitrogens with zero attached hydrogens (tertiary/aromatic N) is 3. The predicted octanol–water partition coefficient (Wildman–Crippen LogP) is 0.761. The summed E-state index contributed by atoms with van der Waals surface area (Å²) in [5, 5.41) is 0.546. The molecule has 2 aromatic heterocycles. The summed E-state index contributed by atoms with van der Waals surface area (Å²) in [5.74, 6) is -0.938. The molecule has 0 radical (unpaired) electrons. The van der Waals surface area contributed by atoms with Crippen LogP contribution < -0.4 is 11.2 Å². The monoisotopic (exact) mass is 385 g/mol. The van der Waals surface area contributed by atoms with Crippen LogP contribution in [0.25, 0.3) is 15.8 Å². The Kier molecular flexibility index (Phi) is 4.31. The summed E-state index contributed by atoms with van der Waals surface area (Å²) in [6.07, 6.45) is 0.925. The number of hydrogen-bond acceptors (Lipinski definition) is 7. The Morgan fingerprint density at radius 3 is 2.68 bits per heavy atom. The number of fused-ring (bicyclic) bond motifs is 1. The fourth-order valence-electron chi connectivity index (χ4n) is 2.22. The minimum absolute atomic E-state index is 0.221. The normalized spacial score (nSPS) is 12.0. The third-order valence-corrected chi connectivity index (χ3v) is 4.87. The molecule has 0 unspecified atom stereocenters. The van der Waals surface area contributed by atoms with E-state index in [1.54, 1.807) is 6.07 Å². The molecule has 25 heavy (non-hydrogen) atoms. The average molecular weight is 385 g/mol. The Morgan fingerprint density at radius 2 is 2.00 bits per heavy atom. The van der Waals surface area contributed by atoms with Crippen LogP contribution in [0.1, 0.15) is 5.69 Å². The van der Waals surface area contributed by atoms with Gasteiger partial charge in [0.05, 0.1) is 28.4 Å². The molecule has 11 heteroatoms. The third-order valence-electron chi connectivity index (χ3n) is 3.46. The lowest BCUT2D eigenvalue weighted by atomic mass is 10.2. The van der Waals surface area contributed by atoms with E-state index in [2.05, 4.69) is 4.37 Å². The zero-order valence-electron chi connectivity index (χ0n) is 13.1. The molecule has 0 amide bonds. The molecule has 0 saturated heterocycles. The highest BCUT2D eigenvalue weighted by Crippen LogP contribution is 2.25. The molecule has 132 valence electrons. The largest absolute Gasteiger partial charge is 0.337 e. The van der Waals surface area contributed by atoms with Gasteiger partial charge in [0.1, 0.15) is 6.61 Å². The summed E-state index contributed by atoms with van der Waals surface area (Å²) < 4.78 is 46.9. The van der Waals surface area contributed by atoms with Crippen LogP contribution in [0.5, 0.6) is 0 Å². The van der Waals surface area contributed by atoms with Gasteiger partial charge in [0.15, 0.2) is 0 Å². The lowest BCUT2D eigenvalue weighted by Crippen LogP contribution is -2.38. The van der Waals surface area contributed by atoms with Crippen molar-refractivity contribution in [1.29, 1.82) is 0 Å². The number of rotatable bonds is 4. The molecule has 1 aromatic carbocycles. The zero-order chi connectivity index (χ0) is 18.4. The minimum Gasteiger partial charge on any atom is -0.272 e. The van der Waals surface area contributed by atoms with Crippen LogP contribution in [0, 0.1) is 5.95 Å². The first kappa shape index (κ1) is 17.5. The van der Waals surface area contributed by atoms with Crippen LogP contribution in [-0.4, -0.2) is 28.2 Å². The summed E-state index contributed by atoms with van der Waals surface area (Å²) in [5.41, 5.74) is -1.06. The molecule has 0 aliphatic carbocycles. The Hall–Kier alpha value is -2.37. The topological polar surface area (TPSA) is 100 Å². The second-order valence-electron chi connectivity index (χ2n) is 5.26. The van der Waals surface area contributed by atoms with E-state index in [1.165, 1.54) is 19.2 Å². The van der Waals surface area contributed by atoms with E-state index in [0.29, 0.717) is 21.7 Å². The van der Waals surface area contributed by atoms with E-state index in [-0.39, 0.29) is 12.3 Å². The SMILES string of the molecule is Cn1c(F)cc(=O)n(-c2ccc3snc(COS(C)(=O)=O)c3c2)c1=O. The van der Waals surface area contributed by atoms with Gasteiger partial charge in [-0.2, -0.15) is 17.2 Å². The first-order chi connectivity index (χ1) is 11.7. The summed E-state index contributed by atoms with van der Waals surface area (Å²) in [6.45, 7) is -0.265. The Bertz CT molecular complexity index is 1190. The van der Waals surface area contributed by atoms with Gasteiger partial charge in [0.2, 0.25) is 5.95 Å². The van der Waals surface area contributed by atoms with E-state index >= 15 is 0 Å². The highest BCUT2D eigenvalue weighted by molar-refractivity contribution is 7.85. The van der Waals surface area contributed by atoms with Crippen molar-refractivity contribution in [3.05, 3.63) is 56.7 Å². The molecule has 0 bridgehead atoms. The van der Waals surface area contributed by atoms with Crippen LogP contribution in [0.15, 0.2) is 33.9 Å². The molecule has 0 aliphatic rings. The first-order valence-corrected chi connectivity index (χ1v) is 9.48. The lowest BCUT2D eigenvalue weighted by Gasteiger charge is -2.08. The number of halogens is 1. The summed E-state index contributed by atoms with van der Waals surface area (Å²) in [4.78, 5) is 24.2. The van der Waals surface area contributed by atoms with Crippen LogP contribution in [0.4, 0.5) is 4.39 Å². The van der Waals surface area contributed by atoms with Crippen molar-refractivity contribution in [3.63, 3.8) is 0 Å². The molecule has 0 N–H and O–H groups in total. The van der Waals surface area contributed by atoms with Crippen molar-refractivity contribution in [1.82, 2.24) is 13.5 Å². The molecular weight excluding hydrogens is 373 g/mol. The van der Waals surface area contributed by atoms with Gasteiger partial charge in [-0.05, 0) is 29.7 Å². The van der Waals surface area contributed by atoms with Gasteiger partial charge in [-0.15, -0.1) is 0 Å². The number of benzene rings is 1. The highest BCUT2D eigenvalue weighted by atomic mass is 32.2. The summed E-state index contributed by atoms with van der Waals surface area (Å²) >= 11 is 1.13. The third kappa shape index (κ3) is 3.38.